The average Bonchev–Trinajstić information content (AvgIpc) is 2.98. The van der Waals surface area contributed by atoms with Gasteiger partial charge in [0, 0.05) is 18.4 Å². The van der Waals surface area contributed by atoms with Gasteiger partial charge in [-0.15, -0.1) is 0 Å². The Hall–Kier alpha value is -3.03. The molecule has 0 radical (unpaired) electrons. The molecule has 8 heteroatoms. The molecule has 3 heterocycles. The molecule has 0 unspecified atom stereocenters. The molecule has 0 spiro atoms. The van der Waals surface area contributed by atoms with E-state index >= 15 is 0 Å². The third-order valence-electron chi connectivity index (χ3n) is 3.62. The Morgan fingerprint density at radius 2 is 2.08 bits per heavy atom. The summed E-state index contributed by atoms with van der Waals surface area (Å²) in [5.41, 5.74) is 1.10. The van der Waals surface area contributed by atoms with Gasteiger partial charge in [-0.05, 0) is 32.9 Å². The van der Waals surface area contributed by atoms with Gasteiger partial charge in [-0.25, -0.2) is 4.98 Å². The number of rotatable bonds is 4. The Bertz CT molecular complexity index is 973. The van der Waals surface area contributed by atoms with Crippen LogP contribution in [-0.2, 0) is 13.1 Å². The monoisotopic (exact) mass is 327 g/mol. The zero-order chi connectivity index (χ0) is 17.3. The van der Waals surface area contributed by atoms with E-state index in [9.17, 15) is 9.59 Å². The lowest BCUT2D eigenvalue weighted by molar-refractivity contribution is 0.0944. The lowest BCUT2D eigenvalue weighted by Gasteiger charge is -2.11. The van der Waals surface area contributed by atoms with Crippen LogP contribution < -0.4 is 10.7 Å². The van der Waals surface area contributed by atoms with Gasteiger partial charge < -0.3 is 14.4 Å². The van der Waals surface area contributed by atoms with E-state index in [1.165, 1.54) is 6.20 Å². The molecule has 0 atom stereocenters. The minimum atomic E-state index is -0.486. The van der Waals surface area contributed by atoms with E-state index in [1.54, 1.807) is 23.6 Å². The molecule has 3 aromatic rings. The summed E-state index contributed by atoms with van der Waals surface area (Å²) in [6.07, 6.45) is 1.53. The van der Waals surface area contributed by atoms with Crippen molar-refractivity contribution in [3.63, 3.8) is 0 Å². The van der Waals surface area contributed by atoms with Crippen molar-refractivity contribution in [2.75, 3.05) is 0 Å². The van der Waals surface area contributed by atoms with Crippen LogP contribution in [0.25, 0.3) is 11.0 Å². The van der Waals surface area contributed by atoms with Crippen molar-refractivity contribution >= 4 is 16.9 Å². The van der Waals surface area contributed by atoms with Crippen LogP contribution >= 0.6 is 0 Å². The maximum atomic E-state index is 12.6. The fourth-order valence-corrected chi connectivity index (χ4v) is 2.43. The summed E-state index contributed by atoms with van der Waals surface area (Å²) < 4.78 is 6.73. The molecule has 0 aliphatic carbocycles. The van der Waals surface area contributed by atoms with Gasteiger partial charge in [0.2, 0.25) is 11.3 Å². The Kier molecular flexibility index (Phi) is 4.11. The van der Waals surface area contributed by atoms with Crippen LogP contribution in [-0.4, -0.2) is 25.6 Å². The van der Waals surface area contributed by atoms with Crippen molar-refractivity contribution in [1.29, 1.82) is 0 Å². The first-order chi connectivity index (χ1) is 11.5. The zero-order valence-electron chi connectivity index (χ0n) is 13.7. The van der Waals surface area contributed by atoms with E-state index < -0.39 is 5.91 Å². The molecular weight excluding hydrogens is 310 g/mol. The summed E-state index contributed by atoms with van der Waals surface area (Å²) in [6, 6.07) is 3.46. The molecule has 124 valence electrons. The number of hydrogen-bond acceptors (Lipinski definition) is 6. The van der Waals surface area contributed by atoms with Crippen LogP contribution in [0, 0.1) is 13.8 Å². The zero-order valence-corrected chi connectivity index (χ0v) is 13.7. The van der Waals surface area contributed by atoms with Crippen LogP contribution in [0.4, 0.5) is 0 Å². The highest BCUT2D eigenvalue weighted by Crippen LogP contribution is 2.11. The van der Waals surface area contributed by atoms with Gasteiger partial charge in [0.25, 0.3) is 5.91 Å². The fourth-order valence-electron chi connectivity index (χ4n) is 2.43. The number of amides is 1. The lowest BCUT2D eigenvalue weighted by Crippen LogP contribution is -2.29. The van der Waals surface area contributed by atoms with Gasteiger partial charge in [0.05, 0.1) is 11.9 Å². The van der Waals surface area contributed by atoms with Gasteiger partial charge >= 0.3 is 0 Å². The quantitative estimate of drug-likeness (QED) is 0.776. The normalized spacial score (nSPS) is 11.0. The highest BCUT2D eigenvalue weighted by Gasteiger charge is 2.16. The van der Waals surface area contributed by atoms with Crippen LogP contribution in [0.5, 0.6) is 0 Å². The van der Waals surface area contributed by atoms with Crippen LogP contribution in [0.15, 0.2) is 27.6 Å². The molecule has 3 rings (SSSR count). The summed E-state index contributed by atoms with van der Waals surface area (Å²) in [4.78, 5) is 33.4. The summed E-state index contributed by atoms with van der Waals surface area (Å²) in [5, 5.41) is 6.70. The first kappa shape index (κ1) is 15.9. The Balaban J connectivity index is 1.96. The third-order valence-corrected chi connectivity index (χ3v) is 3.62. The molecule has 0 aromatic carbocycles. The lowest BCUT2D eigenvalue weighted by atomic mass is 10.1. The fraction of sp³-hybridized carbons (Fsp3) is 0.312. The summed E-state index contributed by atoms with van der Waals surface area (Å²) in [5.74, 6) is 0.287. The second-order valence-electron chi connectivity index (χ2n) is 5.40. The Labute approximate surface area is 137 Å². The molecule has 0 fully saturated rings. The molecule has 1 N–H and O–H groups in total. The maximum Gasteiger partial charge on any atom is 0.257 e. The van der Waals surface area contributed by atoms with E-state index in [1.807, 2.05) is 13.8 Å². The van der Waals surface area contributed by atoms with Gasteiger partial charge in [0.1, 0.15) is 11.2 Å². The van der Waals surface area contributed by atoms with Crippen LogP contribution in [0.3, 0.4) is 0 Å². The number of nitrogens with zero attached hydrogens (tertiary/aromatic N) is 4. The number of hydrogen-bond donors (Lipinski definition) is 1. The van der Waals surface area contributed by atoms with Crippen molar-refractivity contribution in [3.05, 3.63) is 51.5 Å². The van der Waals surface area contributed by atoms with Gasteiger partial charge in [0.15, 0.2) is 5.82 Å². The topological polar surface area (TPSA) is 103 Å². The SMILES string of the molecule is CCn1cc(C(=O)NCc2nc(C)no2)c(=O)c2ccc(C)nc21. The molecule has 0 saturated carbocycles. The molecule has 0 aliphatic heterocycles. The first-order valence-electron chi connectivity index (χ1n) is 7.57. The molecule has 0 saturated heterocycles. The van der Waals surface area contributed by atoms with Crippen molar-refractivity contribution in [2.45, 2.75) is 33.9 Å². The second kappa shape index (κ2) is 6.23. The van der Waals surface area contributed by atoms with E-state index in [-0.39, 0.29) is 23.4 Å². The van der Waals surface area contributed by atoms with Crippen LogP contribution in [0.1, 0.15) is 34.7 Å². The van der Waals surface area contributed by atoms with E-state index in [0.717, 1.165) is 5.69 Å². The maximum absolute atomic E-state index is 12.6. The number of pyridine rings is 2. The third kappa shape index (κ3) is 2.90. The highest BCUT2D eigenvalue weighted by molar-refractivity contribution is 5.96. The molecule has 8 nitrogen and oxygen atoms in total. The summed E-state index contributed by atoms with van der Waals surface area (Å²) in [7, 11) is 0. The molecule has 0 bridgehead atoms. The standard InChI is InChI=1S/C16H17N5O3/c1-4-21-8-12(14(22)11-6-5-9(2)18-15(11)21)16(23)17-7-13-19-10(3)20-24-13/h5-6,8H,4,7H2,1-3H3,(H,17,23). The van der Waals surface area contributed by atoms with Gasteiger partial charge in [-0.3, -0.25) is 9.59 Å². The first-order valence-corrected chi connectivity index (χ1v) is 7.57. The van der Waals surface area contributed by atoms with Gasteiger partial charge in [-0.2, -0.15) is 4.98 Å². The Morgan fingerprint density at radius 3 is 2.75 bits per heavy atom. The molecular formula is C16H17N5O3. The predicted octanol–water partition coefficient (Wildman–Crippen LogP) is 1.35. The highest BCUT2D eigenvalue weighted by atomic mass is 16.5. The predicted molar refractivity (Wildman–Crippen MR) is 86.6 cm³/mol. The number of aromatic nitrogens is 4. The van der Waals surface area contributed by atoms with Crippen molar-refractivity contribution < 1.29 is 9.32 Å². The van der Waals surface area contributed by atoms with E-state index in [2.05, 4.69) is 20.4 Å². The second-order valence-corrected chi connectivity index (χ2v) is 5.40. The smallest absolute Gasteiger partial charge is 0.257 e. The number of aryl methyl sites for hydroxylation is 3. The van der Waals surface area contributed by atoms with Crippen molar-refractivity contribution in [3.8, 4) is 0 Å². The van der Waals surface area contributed by atoms with Crippen molar-refractivity contribution in [2.24, 2.45) is 0 Å². The number of carbonyl (C=O) groups excluding carboxylic acids is 1. The van der Waals surface area contributed by atoms with E-state index in [0.29, 0.717) is 23.4 Å². The average molecular weight is 327 g/mol. The molecule has 24 heavy (non-hydrogen) atoms. The summed E-state index contributed by atoms with van der Waals surface area (Å²) >= 11 is 0. The minimum absolute atomic E-state index is 0.0613. The minimum Gasteiger partial charge on any atom is -0.343 e. The Morgan fingerprint density at radius 1 is 1.29 bits per heavy atom. The molecule has 1 amide bonds. The summed E-state index contributed by atoms with van der Waals surface area (Å²) in [6.45, 7) is 6.13. The number of fused-ring (bicyclic) bond motifs is 1. The molecule has 3 aromatic heterocycles. The number of nitrogens with one attached hydrogen (secondary N) is 1. The number of carbonyl (C=O) groups is 1. The molecule has 0 aliphatic rings. The van der Waals surface area contributed by atoms with Crippen molar-refractivity contribution in [1.82, 2.24) is 25.0 Å². The van der Waals surface area contributed by atoms with Crippen LogP contribution in [0.2, 0.25) is 0 Å². The largest absolute Gasteiger partial charge is 0.343 e. The van der Waals surface area contributed by atoms with Gasteiger partial charge in [-0.1, -0.05) is 5.16 Å². The van der Waals surface area contributed by atoms with E-state index in [4.69, 9.17) is 4.52 Å².